The highest BCUT2D eigenvalue weighted by Gasteiger charge is 2.22. The smallest absolute Gasteiger partial charge is 0.185 e. The Balaban J connectivity index is 1.99. The summed E-state index contributed by atoms with van der Waals surface area (Å²) >= 11 is 1.80. The zero-order valence-corrected chi connectivity index (χ0v) is 13.1. The molecule has 1 aromatic heterocycles. The van der Waals surface area contributed by atoms with Gasteiger partial charge >= 0.3 is 0 Å². The predicted molar refractivity (Wildman–Crippen MR) is 80.9 cm³/mol. The van der Waals surface area contributed by atoms with Gasteiger partial charge in [-0.2, -0.15) is 0 Å². The molecule has 0 bridgehead atoms. The number of hydrogen-bond acceptors (Lipinski definition) is 5. The van der Waals surface area contributed by atoms with E-state index < -0.39 is 0 Å². The Kier molecular flexibility index (Phi) is 5.60. The van der Waals surface area contributed by atoms with Crippen LogP contribution >= 0.6 is 11.3 Å². The molecule has 1 aliphatic rings. The van der Waals surface area contributed by atoms with E-state index in [9.17, 15) is 0 Å². The maximum atomic E-state index is 5.26. The molecule has 0 unspecified atom stereocenters. The van der Waals surface area contributed by atoms with Gasteiger partial charge < -0.3 is 15.0 Å². The first-order valence-corrected chi connectivity index (χ1v) is 7.98. The molecule has 1 heterocycles. The molecule has 1 aromatic rings. The Morgan fingerprint density at radius 3 is 2.89 bits per heavy atom. The van der Waals surface area contributed by atoms with Gasteiger partial charge in [-0.1, -0.05) is 13.3 Å². The molecular weight excluding hydrogens is 258 g/mol. The molecule has 108 valence electrons. The van der Waals surface area contributed by atoms with Gasteiger partial charge in [-0.25, -0.2) is 4.98 Å². The molecule has 4 nitrogen and oxygen atoms in total. The number of nitrogens with zero attached hydrogens (tertiary/aromatic N) is 2. The molecule has 0 aromatic carbocycles. The molecule has 19 heavy (non-hydrogen) atoms. The van der Waals surface area contributed by atoms with Crippen molar-refractivity contribution in [3.8, 4) is 0 Å². The van der Waals surface area contributed by atoms with E-state index in [0.717, 1.165) is 30.0 Å². The van der Waals surface area contributed by atoms with Gasteiger partial charge in [0.2, 0.25) is 0 Å². The number of unbranched alkanes of at least 4 members (excludes halogenated alkanes) is 1. The fourth-order valence-corrected chi connectivity index (χ4v) is 2.94. The quantitative estimate of drug-likeness (QED) is 0.756. The summed E-state index contributed by atoms with van der Waals surface area (Å²) in [5, 5.41) is 4.68. The van der Waals surface area contributed by atoms with Gasteiger partial charge in [-0.05, 0) is 19.3 Å². The topological polar surface area (TPSA) is 37.4 Å². The summed E-state index contributed by atoms with van der Waals surface area (Å²) in [6.07, 6.45) is 5.07. The molecule has 0 saturated heterocycles. The van der Waals surface area contributed by atoms with Gasteiger partial charge in [0, 0.05) is 38.2 Å². The lowest BCUT2D eigenvalue weighted by Crippen LogP contribution is -2.17. The van der Waals surface area contributed by atoms with Crippen LogP contribution in [0.25, 0.3) is 0 Å². The fourth-order valence-electron chi connectivity index (χ4n) is 1.94. The predicted octanol–water partition coefficient (Wildman–Crippen LogP) is 2.78. The average Bonchev–Trinajstić information content (AvgIpc) is 3.15. The highest BCUT2D eigenvalue weighted by molar-refractivity contribution is 7.15. The fraction of sp³-hybridized carbons (Fsp3) is 0.786. The molecule has 0 amide bonds. The number of rotatable bonds is 9. The molecule has 1 saturated carbocycles. The summed E-state index contributed by atoms with van der Waals surface area (Å²) in [5.41, 5.74) is 1.10. The van der Waals surface area contributed by atoms with Crippen LogP contribution in [0, 0.1) is 0 Å². The number of hydrogen-bond donors (Lipinski definition) is 1. The Labute approximate surface area is 120 Å². The Morgan fingerprint density at radius 1 is 1.47 bits per heavy atom. The van der Waals surface area contributed by atoms with Crippen molar-refractivity contribution < 1.29 is 4.74 Å². The van der Waals surface area contributed by atoms with E-state index in [1.165, 1.54) is 30.6 Å². The summed E-state index contributed by atoms with van der Waals surface area (Å²) in [6.45, 7) is 4.84. The molecule has 1 N–H and O–H groups in total. The highest BCUT2D eigenvalue weighted by Crippen LogP contribution is 2.28. The third-order valence-corrected chi connectivity index (χ3v) is 4.56. The van der Waals surface area contributed by atoms with Crippen LogP contribution in [0.5, 0.6) is 0 Å². The highest BCUT2D eigenvalue weighted by atomic mass is 32.1. The first kappa shape index (κ1) is 14.8. The summed E-state index contributed by atoms with van der Waals surface area (Å²) in [4.78, 5) is 8.31. The third-order valence-electron chi connectivity index (χ3n) is 3.35. The normalized spacial score (nSPS) is 14.9. The van der Waals surface area contributed by atoms with Crippen molar-refractivity contribution in [1.29, 1.82) is 0 Å². The third kappa shape index (κ3) is 4.44. The number of anilines is 1. The number of ether oxygens (including phenoxy) is 1. The molecule has 2 rings (SSSR count). The van der Waals surface area contributed by atoms with Crippen molar-refractivity contribution in [2.75, 3.05) is 25.6 Å². The van der Waals surface area contributed by atoms with Crippen LogP contribution in [-0.4, -0.2) is 31.7 Å². The SMILES string of the molecule is CCCCN(C)c1nc(COC)c(CNC2CC2)s1. The zero-order valence-electron chi connectivity index (χ0n) is 12.2. The van der Waals surface area contributed by atoms with E-state index >= 15 is 0 Å². The zero-order chi connectivity index (χ0) is 13.7. The Hall–Kier alpha value is -0.650. The van der Waals surface area contributed by atoms with Crippen LogP contribution in [0.2, 0.25) is 0 Å². The van der Waals surface area contributed by atoms with Gasteiger partial charge in [-0.3, -0.25) is 0 Å². The molecule has 0 radical (unpaired) electrons. The number of aromatic nitrogens is 1. The van der Waals surface area contributed by atoms with Crippen molar-refractivity contribution in [3.63, 3.8) is 0 Å². The molecule has 0 atom stereocenters. The monoisotopic (exact) mass is 283 g/mol. The van der Waals surface area contributed by atoms with Crippen LogP contribution < -0.4 is 10.2 Å². The number of nitrogens with one attached hydrogen (secondary N) is 1. The summed E-state index contributed by atoms with van der Waals surface area (Å²) in [6, 6.07) is 0.735. The second-order valence-corrected chi connectivity index (χ2v) is 6.29. The van der Waals surface area contributed by atoms with Crippen molar-refractivity contribution in [2.45, 2.75) is 51.8 Å². The minimum Gasteiger partial charge on any atom is -0.378 e. The van der Waals surface area contributed by atoms with Crippen molar-refractivity contribution in [3.05, 3.63) is 10.6 Å². The maximum Gasteiger partial charge on any atom is 0.185 e. The van der Waals surface area contributed by atoms with E-state index in [4.69, 9.17) is 9.72 Å². The Bertz CT molecular complexity index is 390. The summed E-state index contributed by atoms with van der Waals surface area (Å²) < 4.78 is 5.26. The van der Waals surface area contributed by atoms with Gasteiger partial charge in [0.05, 0.1) is 12.3 Å². The van der Waals surface area contributed by atoms with Gasteiger partial charge in [0.15, 0.2) is 5.13 Å². The molecule has 0 aliphatic heterocycles. The van der Waals surface area contributed by atoms with Gasteiger partial charge in [-0.15, -0.1) is 11.3 Å². The van der Waals surface area contributed by atoms with Crippen molar-refractivity contribution in [1.82, 2.24) is 10.3 Å². The van der Waals surface area contributed by atoms with Crippen molar-refractivity contribution in [2.24, 2.45) is 0 Å². The lowest BCUT2D eigenvalue weighted by Gasteiger charge is -2.14. The van der Waals surface area contributed by atoms with Crippen LogP contribution in [0.15, 0.2) is 0 Å². The van der Waals surface area contributed by atoms with Gasteiger partial charge in [0.1, 0.15) is 0 Å². The van der Waals surface area contributed by atoms with Crippen LogP contribution in [0.1, 0.15) is 43.2 Å². The molecular formula is C14H25N3OS. The average molecular weight is 283 g/mol. The summed E-state index contributed by atoms with van der Waals surface area (Å²) in [5.74, 6) is 0. The van der Waals surface area contributed by atoms with E-state index in [1.54, 1.807) is 18.4 Å². The minimum absolute atomic E-state index is 0.611. The van der Waals surface area contributed by atoms with E-state index in [0.29, 0.717) is 6.61 Å². The van der Waals surface area contributed by atoms with Crippen LogP contribution in [-0.2, 0) is 17.9 Å². The van der Waals surface area contributed by atoms with Crippen LogP contribution in [0.3, 0.4) is 0 Å². The molecule has 5 heteroatoms. The van der Waals surface area contributed by atoms with E-state index in [2.05, 4.69) is 24.2 Å². The first-order valence-electron chi connectivity index (χ1n) is 7.16. The largest absolute Gasteiger partial charge is 0.378 e. The van der Waals surface area contributed by atoms with E-state index in [-0.39, 0.29) is 0 Å². The second kappa shape index (κ2) is 7.22. The second-order valence-electron chi connectivity index (χ2n) is 5.23. The van der Waals surface area contributed by atoms with Gasteiger partial charge in [0.25, 0.3) is 0 Å². The lowest BCUT2D eigenvalue weighted by molar-refractivity contribution is 0.181. The maximum absolute atomic E-state index is 5.26. The Morgan fingerprint density at radius 2 is 2.26 bits per heavy atom. The summed E-state index contributed by atoms with van der Waals surface area (Å²) in [7, 11) is 3.86. The number of methoxy groups -OCH3 is 1. The standard InChI is InChI=1S/C14H25N3OS/c1-4-5-8-17(2)14-16-12(10-18-3)13(19-14)9-15-11-6-7-11/h11,15H,4-10H2,1-3H3. The van der Waals surface area contributed by atoms with Crippen molar-refractivity contribution >= 4 is 16.5 Å². The minimum atomic E-state index is 0.611. The molecule has 1 fully saturated rings. The molecule has 0 spiro atoms. The lowest BCUT2D eigenvalue weighted by atomic mass is 10.3. The molecule has 1 aliphatic carbocycles. The number of thiazole rings is 1. The van der Waals surface area contributed by atoms with Crippen LogP contribution in [0.4, 0.5) is 5.13 Å². The first-order chi connectivity index (χ1) is 9.24. The van der Waals surface area contributed by atoms with E-state index in [1.807, 2.05) is 0 Å².